The number of nitrogens with zero attached hydrogens (tertiary/aromatic N) is 1. The first-order valence-electron chi connectivity index (χ1n) is 7.48. The summed E-state index contributed by atoms with van der Waals surface area (Å²) in [5, 5.41) is 11.8. The average molecular weight is 330 g/mol. The van der Waals surface area contributed by atoms with E-state index in [-0.39, 0.29) is 12.3 Å². The Morgan fingerprint density at radius 3 is 2.42 bits per heavy atom. The summed E-state index contributed by atoms with van der Waals surface area (Å²) in [7, 11) is 0. The molecule has 1 aromatic heterocycles. The van der Waals surface area contributed by atoms with E-state index in [0.29, 0.717) is 12.0 Å². The van der Waals surface area contributed by atoms with Gasteiger partial charge in [0.1, 0.15) is 0 Å². The topological polar surface area (TPSA) is 99.9 Å². The predicted octanol–water partition coefficient (Wildman–Crippen LogP) is 2.67. The summed E-state index contributed by atoms with van der Waals surface area (Å²) in [5.41, 5.74) is 0.417. The van der Waals surface area contributed by atoms with Crippen LogP contribution in [0.1, 0.15) is 35.5 Å². The second-order valence-electron chi connectivity index (χ2n) is 5.07. The first-order chi connectivity index (χ1) is 11.5. The number of carboxylic acids is 1. The van der Waals surface area contributed by atoms with Crippen molar-refractivity contribution in [3.8, 4) is 0 Å². The van der Waals surface area contributed by atoms with E-state index in [2.05, 4.69) is 5.32 Å². The first-order valence-corrected chi connectivity index (χ1v) is 7.48. The van der Waals surface area contributed by atoms with E-state index >= 15 is 0 Å². The molecule has 0 saturated carbocycles. The zero-order chi connectivity index (χ0) is 17.5. The summed E-state index contributed by atoms with van der Waals surface area (Å²) in [6, 6.07) is 9.24. The SMILES string of the molecule is CCCN(C(=O)NC(C(=O)O)c1ccccc1)C(=O)c1ccco1. The molecule has 1 heterocycles. The van der Waals surface area contributed by atoms with Gasteiger partial charge in [-0.25, -0.2) is 9.59 Å². The fourth-order valence-corrected chi connectivity index (χ4v) is 2.19. The highest BCUT2D eigenvalue weighted by molar-refractivity contribution is 6.03. The molecule has 0 spiro atoms. The summed E-state index contributed by atoms with van der Waals surface area (Å²) in [6.07, 6.45) is 1.86. The van der Waals surface area contributed by atoms with Gasteiger partial charge in [-0.3, -0.25) is 9.69 Å². The molecule has 1 unspecified atom stereocenters. The fraction of sp³-hybridized carbons (Fsp3) is 0.235. The highest BCUT2D eigenvalue weighted by Gasteiger charge is 2.29. The molecule has 2 aromatic rings. The molecule has 24 heavy (non-hydrogen) atoms. The average Bonchev–Trinajstić information content (AvgIpc) is 3.12. The fourth-order valence-electron chi connectivity index (χ4n) is 2.19. The van der Waals surface area contributed by atoms with Crippen molar-refractivity contribution < 1.29 is 23.9 Å². The number of hydrogen-bond acceptors (Lipinski definition) is 4. The van der Waals surface area contributed by atoms with Gasteiger partial charge in [0.05, 0.1) is 6.26 Å². The molecule has 0 aliphatic heterocycles. The van der Waals surface area contributed by atoms with Crippen LogP contribution in [0.5, 0.6) is 0 Å². The van der Waals surface area contributed by atoms with Crippen LogP contribution in [0.2, 0.25) is 0 Å². The molecule has 0 aliphatic carbocycles. The summed E-state index contributed by atoms with van der Waals surface area (Å²) in [5.74, 6) is -1.81. The number of rotatable bonds is 6. The predicted molar refractivity (Wildman–Crippen MR) is 85.4 cm³/mol. The molecule has 1 atom stereocenters. The zero-order valence-corrected chi connectivity index (χ0v) is 13.1. The quantitative estimate of drug-likeness (QED) is 0.848. The van der Waals surface area contributed by atoms with E-state index in [1.807, 2.05) is 6.92 Å². The number of aliphatic carboxylic acids is 1. The highest BCUT2D eigenvalue weighted by Crippen LogP contribution is 2.14. The van der Waals surface area contributed by atoms with Crippen LogP contribution in [0, 0.1) is 0 Å². The molecule has 7 nitrogen and oxygen atoms in total. The van der Waals surface area contributed by atoms with Crippen LogP contribution in [-0.2, 0) is 4.79 Å². The van der Waals surface area contributed by atoms with Crippen molar-refractivity contribution >= 4 is 17.9 Å². The lowest BCUT2D eigenvalue weighted by atomic mass is 10.1. The molecule has 1 aromatic carbocycles. The number of hydrogen-bond donors (Lipinski definition) is 2. The van der Waals surface area contributed by atoms with Gasteiger partial charge in [-0.05, 0) is 24.1 Å². The Balaban J connectivity index is 2.19. The van der Waals surface area contributed by atoms with E-state index in [1.165, 1.54) is 12.3 Å². The van der Waals surface area contributed by atoms with Crippen LogP contribution in [0.4, 0.5) is 4.79 Å². The molecule has 0 aliphatic rings. The van der Waals surface area contributed by atoms with E-state index in [1.54, 1.807) is 36.4 Å². The van der Waals surface area contributed by atoms with E-state index in [9.17, 15) is 19.5 Å². The van der Waals surface area contributed by atoms with E-state index in [4.69, 9.17) is 4.42 Å². The van der Waals surface area contributed by atoms with Crippen LogP contribution in [0.15, 0.2) is 53.1 Å². The largest absolute Gasteiger partial charge is 0.479 e. The minimum Gasteiger partial charge on any atom is -0.479 e. The third-order valence-corrected chi connectivity index (χ3v) is 3.32. The number of carbonyl (C=O) groups excluding carboxylic acids is 2. The Hall–Kier alpha value is -3.09. The lowest BCUT2D eigenvalue weighted by Gasteiger charge is -2.22. The van der Waals surface area contributed by atoms with Gasteiger partial charge >= 0.3 is 12.0 Å². The number of imide groups is 1. The summed E-state index contributed by atoms with van der Waals surface area (Å²) in [4.78, 5) is 37.2. The Labute approximate surface area is 138 Å². The molecule has 7 heteroatoms. The minimum absolute atomic E-state index is 0.0187. The molecule has 0 fully saturated rings. The van der Waals surface area contributed by atoms with Crippen LogP contribution in [0.25, 0.3) is 0 Å². The maximum Gasteiger partial charge on any atom is 0.330 e. The second-order valence-corrected chi connectivity index (χ2v) is 5.07. The third kappa shape index (κ3) is 4.01. The molecule has 2 rings (SSSR count). The van der Waals surface area contributed by atoms with Crippen LogP contribution in [-0.4, -0.2) is 34.5 Å². The number of amides is 3. The first kappa shape index (κ1) is 17.3. The number of carbonyl (C=O) groups is 3. The number of urea groups is 1. The van der Waals surface area contributed by atoms with Crippen LogP contribution >= 0.6 is 0 Å². The molecule has 0 radical (unpaired) electrons. The summed E-state index contributed by atoms with van der Waals surface area (Å²) < 4.78 is 5.02. The lowest BCUT2D eigenvalue weighted by Crippen LogP contribution is -2.46. The Kier molecular flexibility index (Phi) is 5.73. The summed E-state index contributed by atoms with van der Waals surface area (Å²) in [6.45, 7) is 1.95. The standard InChI is InChI=1S/C17H18N2O5/c1-2-10-19(15(20)13-9-6-11-24-13)17(23)18-14(16(21)22)12-7-4-3-5-8-12/h3-9,11,14H,2,10H2,1H3,(H,18,23)(H,21,22). The third-order valence-electron chi connectivity index (χ3n) is 3.32. The van der Waals surface area contributed by atoms with Gasteiger partial charge in [0.15, 0.2) is 11.8 Å². The van der Waals surface area contributed by atoms with Crippen LogP contribution < -0.4 is 5.32 Å². The lowest BCUT2D eigenvalue weighted by molar-refractivity contribution is -0.139. The summed E-state index contributed by atoms with van der Waals surface area (Å²) >= 11 is 0. The molecular weight excluding hydrogens is 312 g/mol. The maximum absolute atomic E-state index is 12.4. The van der Waals surface area contributed by atoms with E-state index in [0.717, 1.165) is 4.90 Å². The van der Waals surface area contributed by atoms with Crippen molar-refractivity contribution in [3.63, 3.8) is 0 Å². The molecule has 2 N–H and O–H groups in total. The Morgan fingerprint density at radius 2 is 1.88 bits per heavy atom. The zero-order valence-electron chi connectivity index (χ0n) is 13.1. The molecule has 0 saturated heterocycles. The normalized spacial score (nSPS) is 11.5. The van der Waals surface area contributed by atoms with Gasteiger partial charge in [-0.15, -0.1) is 0 Å². The van der Waals surface area contributed by atoms with Gasteiger partial charge in [0.2, 0.25) is 0 Å². The van der Waals surface area contributed by atoms with Gasteiger partial charge in [-0.2, -0.15) is 0 Å². The van der Waals surface area contributed by atoms with Gasteiger partial charge in [-0.1, -0.05) is 37.3 Å². The van der Waals surface area contributed by atoms with Gasteiger partial charge in [0, 0.05) is 6.54 Å². The number of carboxylic acid groups (broad SMARTS) is 1. The smallest absolute Gasteiger partial charge is 0.330 e. The Bertz CT molecular complexity index is 697. The molecule has 0 bridgehead atoms. The van der Waals surface area contributed by atoms with Crippen molar-refractivity contribution in [3.05, 3.63) is 60.1 Å². The Morgan fingerprint density at radius 1 is 1.17 bits per heavy atom. The highest BCUT2D eigenvalue weighted by atomic mass is 16.4. The molecular formula is C17H18N2O5. The minimum atomic E-state index is -1.25. The number of nitrogens with one attached hydrogen (secondary N) is 1. The van der Waals surface area contributed by atoms with Crippen molar-refractivity contribution in [2.75, 3.05) is 6.54 Å². The van der Waals surface area contributed by atoms with Crippen LogP contribution in [0.3, 0.4) is 0 Å². The molecule has 3 amide bonds. The van der Waals surface area contributed by atoms with E-state index < -0.39 is 23.9 Å². The van der Waals surface area contributed by atoms with Crippen molar-refractivity contribution in [2.24, 2.45) is 0 Å². The number of benzene rings is 1. The maximum atomic E-state index is 12.4. The van der Waals surface area contributed by atoms with Gasteiger partial charge in [0.25, 0.3) is 5.91 Å². The monoisotopic (exact) mass is 330 g/mol. The van der Waals surface area contributed by atoms with Crippen molar-refractivity contribution in [1.82, 2.24) is 10.2 Å². The second kappa shape index (κ2) is 7.96. The number of furan rings is 1. The van der Waals surface area contributed by atoms with Crippen molar-refractivity contribution in [2.45, 2.75) is 19.4 Å². The van der Waals surface area contributed by atoms with Crippen molar-refractivity contribution in [1.29, 1.82) is 0 Å². The van der Waals surface area contributed by atoms with Gasteiger partial charge < -0.3 is 14.8 Å². The molecule has 126 valence electrons.